The Morgan fingerprint density at radius 1 is 1.17 bits per heavy atom. The van der Waals surface area contributed by atoms with Gasteiger partial charge in [-0.05, 0) is 60.3 Å². The largest absolute Gasteiger partial charge is 0.478 e. The number of rotatable bonds is 4. The van der Waals surface area contributed by atoms with Crippen LogP contribution in [0.25, 0.3) is 17.4 Å². The first-order valence-corrected chi connectivity index (χ1v) is 9.68. The molecule has 2 heterocycles. The number of carboxylic acid groups (broad SMARTS) is 1. The molecule has 1 amide bonds. The van der Waals surface area contributed by atoms with E-state index in [4.69, 9.17) is 9.52 Å². The van der Waals surface area contributed by atoms with Crippen LogP contribution < -0.4 is 0 Å². The summed E-state index contributed by atoms with van der Waals surface area (Å²) in [5.41, 5.74) is 1.30. The molecule has 0 saturated carbocycles. The predicted molar refractivity (Wildman–Crippen MR) is 113 cm³/mol. The number of benzene rings is 2. The Kier molecular flexibility index (Phi) is 5.24. The van der Waals surface area contributed by atoms with Crippen LogP contribution in [0.2, 0.25) is 0 Å². The van der Waals surface area contributed by atoms with Crippen molar-refractivity contribution in [1.82, 2.24) is 4.90 Å². The molecule has 1 saturated heterocycles. The highest BCUT2D eigenvalue weighted by Crippen LogP contribution is 2.34. The standard InChI is InChI=1S/C22H15FN2O4S/c1-25-20(26)19(30-22(25)24-16-7-5-13(6-8-16)21(27)28)12-17-9-10-18(29-17)14-3-2-4-15(23)11-14/h2-12H,1H3,(H,27,28)/b19-12+,24-22?. The molecule has 3 aromatic rings. The highest BCUT2D eigenvalue weighted by molar-refractivity contribution is 8.18. The monoisotopic (exact) mass is 422 g/mol. The Labute approximate surface area is 175 Å². The van der Waals surface area contributed by atoms with Gasteiger partial charge in [0.2, 0.25) is 0 Å². The average Bonchev–Trinajstić information content (AvgIpc) is 3.29. The van der Waals surface area contributed by atoms with Crippen LogP contribution in [0.4, 0.5) is 10.1 Å². The van der Waals surface area contributed by atoms with Crippen molar-refractivity contribution in [2.75, 3.05) is 7.05 Å². The number of carboxylic acids is 1. The van der Waals surface area contributed by atoms with Gasteiger partial charge < -0.3 is 9.52 Å². The van der Waals surface area contributed by atoms with Crippen LogP contribution in [-0.2, 0) is 4.79 Å². The second-order valence-corrected chi connectivity index (χ2v) is 7.44. The van der Waals surface area contributed by atoms with Crippen molar-refractivity contribution in [1.29, 1.82) is 0 Å². The van der Waals surface area contributed by atoms with Gasteiger partial charge in [0.1, 0.15) is 17.3 Å². The fourth-order valence-corrected chi connectivity index (χ4v) is 3.76. The molecule has 6 nitrogen and oxygen atoms in total. The number of hydrogen-bond donors (Lipinski definition) is 1. The molecule has 8 heteroatoms. The summed E-state index contributed by atoms with van der Waals surface area (Å²) in [5, 5.41) is 9.44. The van der Waals surface area contributed by atoms with E-state index >= 15 is 0 Å². The Hall–Kier alpha value is -3.65. The molecule has 30 heavy (non-hydrogen) atoms. The van der Waals surface area contributed by atoms with E-state index in [1.54, 1.807) is 49.5 Å². The number of amides is 1. The summed E-state index contributed by atoms with van der Waals surface area (Å²) in [7, 11) is 1.61. The van der Waals surface area contributed by atoms with Crippen LogP contribution >= 0.6 is 11.8 Å². The summed E-state index contributed by atoms with van der Waals surface area (Å²) < 4.78 is 19.2. The average molecular weight is 422 g/mol. The number of thioether (sulfide) groups is 1. The molecular formula is C22H15FN2O4S. The van der Waals surface area contributed by atoms with Gasteiger partial charge in [-0.25, -0.2) is 14.2 Å². The fraction of sp³-hybridized carbons (Fsp3) is 0.0455. The number of nitrogens with zero attached hydrogens (tertiary/aromatic N) is 2. The molecule has 1 fully saturated rings. The number of likely N-dealkylation sites (N-methyl/N-ethyl adjacent to an activating group) is 1. The lowest BCUT2D eigenvalue weighted by Crippen LogP contribution is -2.23. The van der Waals surface area contributed by atoms with Crippen LogP contribution in [-0.4, -0.2) is 34.1 Å². The third-order valence-electron chi connectivity index (χ3n) is 4.35. The summed E-state index contributed by atoms with van der Waals surface area (Å²) in [5.74, 6) is -0.644. The van der Waals surface area contributed by atoms with Gasteiger partial charge in [-0.2, -0.15) is 0 Å². The number of aliphatic imine (C=N–C) groups is 1. The molecule has 1 aliphatic rings. The van der Waals surface area contributed by atoms with Crippen molar-refractivity contribution in [2.45, 2.75) is 0 Å². The highest BCUT2D eigenvalue weighted by Gasteiger charge is 2.30. The summed E-state index contributed by atoms with van der Waals surface area (Å²) in [6, 6.07) is 15.6. The molecule has 0 atom stereocenters. The van der Waals surface area contributed by atoms with Gasteiger partial charge in [-0.3, -0.25) is 9.69 Å². The van der Waals surface area contributed by atoms with Crippen molar-refractivity contribution >= 4 is 40.6 Å². The van der Waals surface area contributed by atoms with E-state index in [9.17, 15) is 14.0 Å². The predicted octanol–water partition coefficient (Wildman–Crippen LogP) is 5.02. The molecule has 4 rings (SSSR count). The van der Waals surface area contributed by atoms with Gasteiger partial charge in [0.15, 0.2) is 5.17 Å². The van der Waals surface area contributed by atoms with Gasteiger partial charge in [0, 0.05) is 18.7 Å². The zero-order chi connectivity index (χ0) is 21.3. The summed E-state index contributed by atoms with van der Waals surface area (Å²) >= 11 is 1.19. The summed E-state index contributed by atoms with van der Waals surface area (Å²) in [4.78, 5) is 29.8. The Morgan fingerprint density at radius 2 is 1.93 bits per heavy atom. The van der Waals surface area contributed by atoms with Crippen LogP contribution in [0.15, 0.2) is 75.0 Å². The number of carbonyl (C=O) groups excluding carboxylic acids is 1. The Balaban J connectivity index is 1.56. The third-order valence-corrected chi connectivity index (χ3v) is 5.41. The quantitative estimate of drug-likeness (QED) is 0.597. The van der Waals surface area contributed by atoms with Gasteiger partial charge in [0.05, 0.1) is 16.2 Å². The lowest BCUT2D eigenvalue weighted by Gasteiger charge is -2.07. The maximum atomic E-state index is 13.4. The molecule has 0 unspecified atom stereocenters. The topological polar surface area (TPSA) is 83.1 Å². The second-order valence-electron chi connectivity index (χ2n) is 6.43. The number of hydrogen-bond acceptors (Lipinski definition) is 5. The van der Waals surface area contributed by atoms with Crippen LogP contribution in [0, 0.1) is 5.82 Å². The van der Waals surface area contributed by atoms with Gasteiger partial charge in [0.25, 0.3) is 5.91 Å². The Bertz CT molecular complexity index is 1200. The van der Waals surface area contributed by atoms with Crippen LogP contribution in [0.1, 0.15) is 16.1 Å². The lowest BCUT2D eigenvalue weighted by molar-refractivity contribution is -0.121. The van der Waals surface area contributed by atoms with Crippen molar-refractivity contribution in [3.8, 4) is 11.3 Å². The van der Waals surface area contributed by atoms with E-state index in [0.29, 0.717) is 32.8 Å². The molecule has 0 aliphatic carbocycles. The van der Waals surface area contributed by atoms with Crippen molar-refractivity contribution in [3.63, 3.8) is 0 Å². The smallest absolute Gasteiger partial charge is 0.335 e. The van der Waals surface area contributed by atoms with E-state index < -0.39 is 5.97 Å². The van der Waals surface area contributed by atoms with Gasteiger partial charge in [-0.15, -0.1) is 0 Å². The van der Waals surface area contributed by atoms with Crippen molar-refractivity contribution in [2.24, 2.45) is 4.99 Å². The summed E-state index contributed by atoms with van der Waals surface area (Å²) in [6.45, 7) is 0. The van der Waals surface area contributed by atoms with E-state index in [-0.39, 0.29) is 17.3 Å². The minimum absolute atomic E-state index is 0.162. The third kappa shape index (κ3) is 4.04. The molecular weight excluding hydrogens is 407 g/mol. The fourth-order valence-electron chi connectivity index (χ4n) is 2.80. The molecule has 2 aromatic carbocycles. The maximum absolute atomic E-state index is 13.4. The Morgan fingerprint density at radius 3 is 2.63 bits per heavy atom. The number of aromatic carboxylic acids is 1. The van der Waals surface area contributed by atoms with Crippen LogP contribution in [0.3, 0.4) is 0 Å². The van der Waals surface area contributed by atoms with Crippen molar-refractivity contribution in [3.05, 3.63) is 82.7 Å². The molecule has 0 radical (unpaired) electrons. The SMILES string of the molecule is CN1C(=O)/C(=C\c2ccc(-c3cccc(F)c3)o2)SC1=Nc1ccc(C(=O)O)cc1. The zero-order valence-electron chi connectivity index (χ0n) is 15.7. The first-order valence-electron chi connectivity index (χ1n) is 8.86. The van der Waals surface area contributed by atoms with E-state index in [0.717, 1.165) is 0 Å². The zero-order valence-corrected chi connectivity index (χ0v) is 16.5. The minimum Gasteiger partial charge on any atom is -0.478 e. The van der Waals surface area contributed by atoms with E-state index in [1.165, 1.54) is 40.9 Å². The normalized spacial score (nSPS) is 16.6. The first kappa shape index (κ1) is 19.7. The molecule has 0 bridgehead atoms. The second kappa shape index (κ2) is 8.00. The number of halogens is 1. The first-order chi connectivity index (χ1) is 14.4. The molecule has 150 valence electrons. The highest BCUT2D eigenvalue weighted by atomic mass is 32.2. The minimum atomic E-state index is -1.02. The molecule has 1 aromatic heterocycles. The lowest BCUT2D eigenvalue weighted by atomic mass is 10.2. The van der Waals surface area contributed by atoms with E-state index in [1.807, 2.05) is 0 Å². The molecule has 0 spiro atoms. The van der Waals surface area contributed by atoms with Gasteiger partial charge >= 0.3 is 5.97 Å². The van der Waals surface area contributed by atoms with Crippen molar-refractivity contribution < 1.29 is 23.5 Å². The molecule has 1 N–H and O–H groups in total. The number of amidine groups is 1. The van der Waals surface area contributed by atoms with Gasteiger partial charge in [-0.1, -0.05) is 12.1 Å². The van der Waals surface area contributed by atoms with E-state index in [2.05, 4.69) is 4.99 Å². The molecule has 1 aliphatic heterocycles. The number of carbonyl (C=O) groups is 2. The maximum Gasteiger partial charge on any atom is 0.335 e. The number of furan rings is 1. The van der Waals surface area contributed by atoms with Crippen LogP contribution in [0.5, 0.6) is 0 Å². The summed E-state index contributed by atoms with van der Waals surface area (Å²) in [6.07, 6.45) is 1.61.